The number of carbonyl (C=O) groups excluding carboxylic acids is 1. The van der Waals surface area contributed by atoms with Gasteiger partial charge in [-0.05, 0) is 48.7 Å². The van der Waals surface area contributed by atoms with E-state index in [0.717, 1.165) is 38.6 Å². The van der Waals surface area contributed by atoms with E-state index in [1.165, 1.54) is 17.3 Å². The summed E-state index contributed by atoms with van der Waals surface area (Å²) >= 11 is 1.43. The van der Waals surface area contributed by atoms with Crippen LogP contribution >= 0.6 is 11.8 Å². The van der Waals surface area contributed by atoms with Crippen LogP contribution in [0.4, 0.5) is 5.69 Å². The van der Waals surface area contributed by atoms with Gasteiger partial charge in [0.15, 0.2) is 0 Å². The lowest BCUT2D eigenvalue weighted by molar-refractivity contribution is -0.113. The van der Waals surface area contributed by atoms with Crippen molar-refractivity contribution in [1.82, 2.24) is 9.97 Å². The van der Waals surface area contributed by atoms with Crippen molar-refractivity contribution in [3.05, 3.63) is 95.2 Å². The molecule has 0 aliphatic carbocycles. The van der Waals surface area contributed by atoms with Crippen molar-refractivity contribution < 1.29 is 4.79 Å². The number of hydrogen-bond donors (Lipinski definition) is 1. The fourth-order valence-electron chi connectivity index (χ4n) is 3.23. The molecule has 4 aromatic rings. The molecule has 3 aromatic carbocycles. The highest BCUT2D eigenvalue weighted by atomic mass is 32.2. The minimum Gasteiger partial charge on any atom is -0.325 e. The number of nitrogens with zero attached hydrogens (tertiary/aromatic N) is 2. The van der Waals surface area contributed by atoms with Gasteiger partial charge in [0.1, 0.15) is 5.03 Å². The van der Waals surface area contributed by atoms with Gasteiger partial charge in [0.05, 0.1) is 22.5 Å². The van der Waals surface area contributed by atoms with Gasteiger partial charge in [-0.1, -0.05) is 66.4 Å². The molecule has 0 unspecified atom stereocenters. The highest BCUT2D eigenvalue weighted by Gasteiger charge is 2.13. The molecular formula is C25H23N3OS. The maximum absolute atomic E-state index is 12.6. The minimum absolute atomic E-state index is 0.0469. The van der Waals surface area contributed by atoms with Gasteiger partial charge in [-0.15, -0.1) is 0 Å². The summed E-state index contributed by atoms with van der Waals surface area (Å²) in [6.07, 6.45) is 0.680. The fourth-order valence-corrected chi connectivity index (χ4v) is 4.02. The Kier molecular flexibility index (Phi) is 6.10. The van der Waals surface area contributed by atoms with Crippen LogP contribution in [0.3, 0.4) is 0 Å². The van der Waals surface area contributed by atoms with Crippen LogP contribution in [0.25, 0.3) is 11.0 Å². The summed E-state index contributed by atoms with van der Waals surface area (Å²) in [6, 6.07) is 24.1. The fraction of sp³-hybridized carbons (Fsp3) is 0.160. The molecule has 0 atom stereocenters. The molecule has 5 heteroatoms. The largest absolute Gasteiger partial charge is 0.325 e. The van der Waals surface area contributed by atoms with Crippen molar-refractivity contribution in [2.75, 3.05) is 11.1 Å². The Labute approximate surface area is 180 Å². The van der Waals surface area contributed by atoms with Gasteiger partial charge in [-0.3, -0.25) is 4.79 Å². The molecule has 0 bridgehead atoms. The molecule has 150 valence electrons. The van der Waals surface area contributed by atoms with Gasteiger partial charge < -0.3 is 5.32 Å². The first-order valence-corrected chi connectivity index (χ1v) is 10.9. The average Bonchev–Trinajstić information content (AvgIpc) is 2.75. The maximum Gasteiger partial charge on any atom is 0.234 e. The molecule has 4 nitrogen and oxygen atoms in total. The molecule has 0 aliphatic heterocycles. The van der Waals surface area contributed by atoms with Crippen LogP contribution in [-0.2, 0) is 11.2 Å². The lowest BCUT2D eigenvalue weighted by Crippen LogP contribution is -2.15. The van der Waals surface area contributed by atoms with Gasteiger partial charge in [-0.25, -0.2) is 9.97 Å². The SMILES string of the molecule is Cc1ccc(C)c(NC(=O)CSc2nc3ccccc3nc2Cc2ccccc2)c1. The van der Waals surface area contributed by atoms with Crippen molar-refractivity contribution in [3.63, 3.8) is 0 Å². The molecule has 0 saturated carbocycles. The first-order valence-electron chi connectivity index (χ1n) is 9.88. The zero-order chi connectivity index (χ0) is 20.9. The topological polar surface area (TPSA) is 54.9 Å². The number of aromatic nitrogens is 2. The Hall–Kier alpha value is -3.18. The van der Waals surface area contributed by atoms with Crippen LogP contribution in [-0.4, -0.2) is 21.6 Å². The summed E-state index contributed by atoms with van der Waals surface area (Å²) in [4.78, 5) is 22.2. The molecule has 0 fully saturated rings. The lowest BCUT2D eigenvalue weighted by Gasteiger charge is -2.11. The monoisotopic (exact) mass is 413 g/mol. The van der Waals surface area contributed by atoms with Crippen LogP contribution in [0.2, 0.25) is 0 Å². The predicted molar refractivity (Wildman–Crippen MR) is 124 cm³/mol. The third-order valence-electron chi connectivity index (χ3n) is 4.83. The van der Waals surface area contributed by atoms with Crippen molar-refractivity contribution in [2.45, 2.75) is 25.3 Å². The predicted octanol–water partition coefficient (Wildman–Crippen LogP) is 5.57. The standard InChI is InChI=1S/C25H23N3OS/c1-17-12-13-18(2)22(14-17)27-24(29)16-30-25-23(15-19-8-4-3-5-9-19)26-20-10-6-7-11-21(20)28-25/h3-14H,15-16H2,1-2H3,(H,27,29). The zero-order valence-corrected chi connectivity index (χ0v) is 17.9. The number of benzene rings is 3. The molecule has 0 radical (unpaired) electrons. The molecule has 30 heavy (non-hydrogen) atoms. The van der Waals surface area contributed by atoms with E-state index in [4.69, 9.17) is 9.97 Å². The lowest BCUT2D eigenvalue weighted by atomic mass is 10.1. The second-order valence-corrected chi connectivity index (χ2v) is 8.25. The average molecular weight is 414 g/mol. The van der Waals surface area contributed by atoms with Gasteiger partial charge >= 0.3 is 0 Å². The number of hydrogen-bond acceptors (Lipinski definition) is 4. The van der Waals surface area contributed by atoms with Gasteiger partial charge in [0, 0.05) is 12.1 Å². The molecule has 0 aliphatic rings. The van der Waals surface area contributed by atoms with E-state index in [1.807, 2.05) is 74.5 Å². The van der Waals surface area contributed by atoms with Crippen molar-refractivity contribution >= 4 is 34.4 Å². The summed E-state index contributed by atoms with van der Waals surface area (Å²) in [5, 5.41) is 3.82. The molecule has 1 heterocycles. The summed E-state index contributed by atoms with van der Waals surface area (Å²) in [6.45, 7) is 4.01. The molecule has 0 saturated heterocycles. The number of para-hydroxylation sites is 2. The number of nitrogens with one attached hydrogen (secondary N) is 1. The molecule has 1 aromatic heterocycles. The van der Waals surface area contributed by atoms with Crippen LogP contribution < -0.4 is 5.32 Å². The Balaban J connectivity index is 1.55. The van der Waals surface area contributed by atoms with E-state index in [1.54, 1.807) is 0 Å². The number of thioether (sulfide) groups is 1. The smallest absolute Gasteiger partial charge is 0.234 e. The van der Waals surface area contributed by atoms with Crippen molar-refractivity contribution in [3.8, 4) is 0 Å². The van der Waals surface area contributed by atoms with Crippen LogP contribution in [0.5, 0.6) is 0 Å². The number of aryl methyl sites for hydroxylation is 2. The van der Waals surface area contributed by atoms with Crippen molar-refractivity contribution in [1.29, 1.82) is 0 Å². The van der Waals surface area contributed by atoms with Gasteiger partial charge in [0.2, 0.25) is 5.91 Å². The quantitative estimate of drug-likeness (QED) is 0.420. The van der Waals surface area contributed by atoms with E-state index in [-0.39, 0.29) is 11.7 Å². The summed E-state index contributed by atoms with van der Waals surface area (Å²) < 4.78 is 0. The molecule has 1 amide bonds. The van der Waals surface area contributed by atoms with E-state index in [9.17, 15) is 4.79 Å². The number of anilines is 1. The number of carbonyl (C=O) groups is 1. The Bertz CT molecular complexity index is 1190. The summed E-state index contributed by atoms with van der Waals surface area (Å²) in [7, 11) is 0. The van der Waals surface area contributed by atoms with Crippen LogP contribution in [0.15, 0.2) is 77.8 Å². The Morgan fingerprint density at radius 2 is 1.60 bits per heavy atom. The number of amides is 1. The van der Waals surface area contributed by atoms with Crippen LogP contribution in [0, 0.1) is 13.8 Å². The maximum atomic E-state index is 12.6. The van der Waals surface area contributed by atoms with Crippen LogP contribution in [0.1, 0.15) is 22.4 Å². The molecular weight excluding hydrogens is 390 g/mol. The number of rotatable bonds is 6. The second kappa shape index (κ2) is 9.09. The molecule has 1 N–H and O–H groups in total. The summed E-state index contributed by atoms with van der Waals surface area (Å²) in [5.74, 6) is 0.233. The van der Waals surface area contributed by atoms with Gasteiger partial charge in [-0.2, -0.15) is 0 Å². The first kappa shape index (κ1) is 20.1. The first-order chi connectivity index (χ1) is 14.6. The molecule has 4 rings (SSSR count). The van der Waals surface area contributed by atoms with E-state index >= 15 is 0 Å². The third-order valence-corrected chi connectivity index (χ3v) is 5.83. The van der Waals surface area contributed by atoms with E-state index in [2.05, 4.69) is 17.4 Å². The molecule has 0 spiro atoms. The summed E-state index contributed by atoms with van der Waals surface area (Å²) in [5.41, 5.74) is 6.80. The second-order valence-electron chi connectivity index (χ2n) is 7.28. The van der Waals surface area contributed by atoms with E-state index < -0.39 is 0 Å². The highest BCUT2D eigenvalue weighted by molar-refractivity contribution is 8.00. The minimum atomic E-state index is -0.0469. The zero-order valence-electron chi connectivity index (χ0n) is 17.1. The Morgan fingerprint density at radius 1 is 0.900 bits per heavy atom. The highest BCUT2D eigenvalue weighted by Crippen LogP contribution is 2.25. The Morgan fingerprint density at radius 3 is 2.37 bits per heavy atom. The normalized spacial score (nSPS) is 10.9. The van der Waals surface area contributed by atoms with Crippen molar-refractivity contribution in [2.24, 2.45) is 0 Å². The third kappa shape index (κ3) is 4.86. The van der Waals surface area contributed by atoms with E-state index in [0.29, 0.717) is 6.42 Å². The van der Waals surface area contributed by atoms with Gasteiger partial charge in [0.25, 0.3) is 0 Å². The number of fused-ring (bicyclic) bond motifs is 1.